The largest absolute Gasteiger partial charge is 0.367 e. The summed E-state index contributed by atoms with van der Waals surface area (Å²) < 4.78 is 23.0. The third kappa shape index (κ3) is 3.73. The minimum Gasteiger partial charge on any atom is -0.367 e. The lowest BCUT2D eigenvalue weighted by Crippen LogP contribution is -2.46. The van der Waals surface area contributed by atoms with Crippen molar-refractivity contribution in [2.45, 2.75) is 37.1 Å². The van der Waals surface area contributed by atoms with Crippen LogP contribution in [0, 0.1) is 0 Å². The molecule has 1 aliphatic rings. The number of piperidine rings is 1. The highest BCUT2D eigenvalue weighted by Crippen LogP contribution is 2.23. The first kappa shape index (κ1) is 15.3. The van der Waals surface area contributed by atoms with Gasteiger partial charge in [-0.3, -0.25) is 0 Å². The summed E-state index contributed by atoms with van der Waals surface area (Å²) in [6, 6.07) is 7.79. The first-order valence-corrected chi connectivity index (χ1v) is 9.19. The van der Waals surface area contributed by atoms with E-state index in [1.54, 1.807) is 12.1 Å². The Balaban J connectivity index is 2.20. The molecule has 0 radical (unpaired) electrons. The lowest BCUT2D eigenvalue weighted by Gasteiger charge is -2.36. The van der Waals surface area contributed by atoms with Gasteiger partial charge in [0.25, 0.3) is 0 Å². The standard InChI is InChI=1S/C15H24N2O2S/c1-3-11-17(14-5-4-10-16-12-14)13-6-8-15(9-7-13)20(2,18)19/h6-9,14,16H,3-5,10-12H2,1-2H3. The van der Waals surface area contributed by atoms with Crippen molar-refractivity contribution >= 4 is 15.5 Å². The molecule has 0 spiro atoms. The predicted molar refractivity (Wildman–Crippen MR) is 83.1 cm³/mol. The molecule has 0 saturated carbocycles. The summed E-state index contributed by atoms with van der Waals surface area (Å²) in [4.78, 5) is 2.79. The smallest absolute Gasteiger partial charge is 0.175 e. The van der Waals surface area contributed by atoms with E-state index in [-0.39, 0.29) is 0 Å². The fourth-order valence-electron chi connectivity index (χ4n) is 2.75. The van der Waals surface area contributed by atoms with Crippen LogP contribution >= 0.6 is 0 Å². The SMILES string of the molecule is CCCN(c1ccc(S(C)(=O)=O)cc1)C1CCCNC1. The Morgan fingerprint density at radius 1 is 1.30 bits per heavy atom. The van der Waals surface area contributed by atoms with Gasteiger partial charge in [-0.1, -0.05) is 6.92 Å². The Morgan fingerprint density at radius 2 is 2.00 bits per heavy atom. The summed E-state index contributed by atoms with van der Waals surface area (Å²) in [5.41, 5.74) is 1.12. The van der Waals surface area contributed by atoms with Gasteiger partial charge in [0.15, 0.2) is 9.84 Å². The van der Waals surface area contributed by atoms with E-state index in [0.717, 1.165) is 31.7 Å². The Morgan fingerprint density at radius 3 is 2.50 bits per heavy atom. The Labute approximate surface area is 122 Å². The van der Waals surface area contributed by atoms with Crippen molar-refractivity contribution in [1.82, 2.24) is 5.32 Å². The van der Waals surface area contributed by atoms with Crippen LogP contribution in [0.4, 0.5) is 5.69 Å². The minimum atomic E-state index is -3.11. The lowest BCUT2D eigenvalue weighted by atomic mass is 10.0. The molecule has 1 saturated heterocycles. The fourth-order valence-corrected chi connectivity index (χ4v) is 3.38. The number of benzene rings is 1. The molecule has 4 nitrogen and oxygen atoms in total. The Kier molecular flexibility index (Phi) is 5.05. The quantitative estimate of drug-likeness (QED) is 0.903. The summed E-state index contributed by atoms with van der Waals surface area (Å²) in [5.74, 6) is 0. The molecule has 1 aromatic rings. The van der Waals surface area contributed by atoms with Gasteiger partial charge in [0.2, 0.25) is 0 Å². The van der Waals surface area contributed by atoms with Gasteiger partial charge in [0.05, 0.1) is 4.90 Å². The van der Waals surface area contributed by atoms with Gasteiger partial charge < -0.3 is 10.2 Å². The predicted octanol–water partition coefficient (Wildman–Crippen LogP) is 2.06. The molecule has 2 rings (SSSR count). The van der Waals surface area contributed by atoms with E-state index in [1.807, 2.05) is 12.1 Å². The summed E-state index contributed by atoms with van der Waals surface area (Å²) in [6.45, 7) is 5.29. The molecule has 1 unspecified atom stereocenters. The van der Waals surface area contributed by atoms with Gasteiger partial charge in [0, 0.05) is 31.1 Å². The van der Waals surface area contributed by atoms with Gasteiger partial charge in [-0.25, -0.2) is 8.42 Å². The van der Waals surface area contributed by atoms with Crippen LogP contribution in [-0.2, 0) is 9.84 Å². The van der Waals surface area contributed by atoms with Crippen LogP contribution in [0.1, 0.15) is 26.2 Å². The van der Waals surface area contributed by atoms with Gasteiger partial charge in [-0.15, -0.1) is 0 Å². The molecular weight excluding hydrogens is 272 g/mol. The fraction of sp³-hybridized carbons (Fsp3) is 0.600. The van der Waals surface area contributed by atoms with Crippen LogP contribution in [-0.4, -0.2) is 40.3 Å². The highest BCUT2D eigenvalue weighted by atomic mass is 32.2. The van der Waals surface area contributed by atoms with Crippen molar-refractivity contribution in [3.05, 3.63) is 24.3 Å². The molecule has 0 aliphatic carbocycles. The summed E-state index contributed by atoms with van der Waals surface area (Å²) in [6.07, 6.45) is 4.73. The van der Waals surface area contributed by atoms with Crippen LogP contribution in [0.2, 0.25) is 0 Å². The lowest BCUT2D eigenvalue weighted by molar-refractivity contribution is 0.431. The average molecular weight is 296 g/mol. The van der Waals surface area contributed by atoms with Crippen LogP contribution < -0.4 is 10.2 Å². The summed E-state index contributed by atoms with van der Waals surface area (Å²) >= 11 is 0. The van der Waals surface area contributed by atoms with E-state index < -0.39 is 9.84 Å². The second kappa shape index (κ2) is 6.59. The zero-order valence-corrected chi connectivity index (χ0v) is 13.1. The van der Waals surface area contributed by atoms with Crippen LogP contribution in [0.15, 0.2) is 29.2 Å². The Bertz CT molecular complexity index is 519. The van der Waals surface area contributed by atoms with Gasteiger partial charge in [-0.05, 0) is 50.1 Å². The van der Waals surface area contributed by atoms with Gasteiger partial charge >= 0.3 is 0 Å². The molecule has 0 bridgehead atoms. The molecule has 1 atom stereocenters. The number of anilines is 1. The second-order valence-electron chi connectivity index (χ2n) is 5.46. The van der Waals surface area contributed by atoms with Crippen molar-refractivity contribution in [2.24, 2.45) is 0 Å². The molecule has 20 heavy (non-hydrogen) atoms. The third-order valence-corrected chi connectivity index (χ3v) is 4.90. The maximum Gasteiger partial charge on any atom is 0.175 e. The minimum absolute atomic E-state index is 0.388. The average Bonchev–Trinajstić information content (AvgIpc) is 2.45. The number of sulfone groups is 1. The van der Waals surface area contributed by atoms with E-state index in [1.165, 1.54) is 19.1 Å². The summed E-state index contributed by atoms with van der Waals surface area (Å²) in [7, 11) is -3.11. The van der Waals surface area contributed by atoms with E-state index in [4.69, 9.17) is 0 Å². The molecule has 1 aromatic carbocycles. The molecule has 5 heteroatoms. The number of nitrogens with zero attached hydrogens (tertiary/aromatic N) is 1. The van der Waals surface area contributed by atoms with Crippen molar-refractivity contribution in [2.75, 3.05) is 30.8 Å². The van der Waals surface area contributed by atoms with E-state index in [0.29, 0.717) is 10.9 Å². The Hall–Kier alpha value is -1.07. The highest BCUT2D eigenvalue weighted by Gasteiger charge is 2.20. The molecule has 1 aliphatic heterocycles. The van der Waals surface area contributed by atoms with Gasteiger partial charge in [-0.2, -0.15) is 0 Å². The van der Waals surface area contributed by atoms with Crippen LogP contribution in [0.5, 0.6) is 0 Å². The number of hydrogen-bond donors (Lipinski definition) is 1. The van der Waals surface area contributed by atoms with Crippen LogP contribution in [0.3, 0.4) is 0 Å². The van der Waals surface area contributed by atoms with Crippen molar-refractivity contribution in [3.8, 4) is 0 Å². The topological polar surface area (TPSA) is 49.4 Å². The maximum atomic E-state index is 11.5. The molecule has 1 heterocycles. The zero-order chi connectivity index (χ0) is 14.6. The first-order chi connectivity index (χ1) is 9.52. The third-order valence-electron chi connectivity index (χ3n) is 3.77. The summed E-state index contributed by atoms with van der Waals surface area (Å²) in [5, 5.41) is 3.44. The second-order valence-corrected chi connectivity index (χ2v) is 7.48. The van der Waals surface area contributed by atoms with Gasteiger partial charge in [0.1, 0.15) is 0 Å². The van der Waals surface area contributed by atoms with Crippen molar-refractivity contribution in [3.63, 3.8) is 0 Å². The normalized spacial score (nSPS) is 19.8. The molecule has 0 aromatic heterocycles. The zero-order valence-electron chi connectivity index (χ0n) is 12.3. The molecule has 1 N–H and O–H groups in total. The van der Waals surface area contributed by atoms with E-state index in [9.17, 15) is 8.42 Å². The van der Waals surface area contributed by atoms with E-state index >= 15 is 0 Å². The molecule has 1 fully saturated rings. The monoisotopic (exact) mass is 296 g/mol. The molecule has 112 valence electrons. The first-order valence-electron chi connectivity index (χ1n) is 7.30. The van der Waals surface area contributed by atoms with Crippen molar-refractivity contribution in [1.29, 1.82) is 0 Å². The maximum absolute atomic E-state index is 11.5. The number of rotatable bonds is 5. The number of hydrogen-bond acceptors (Lipinski definition) is 4. The highest BCUT2D eigenvalue weighted by molar-refractivity contribution is 7.90. The molecular formula is C15H24N2O2S. The van der Waals surface area contributed by atoms with Crippen LogP contribution in [0.25, 0.3) is 0 Å². The number of nitrogens with one attached hydrogen (secondary N) is 1. The van der Waals surface area contributed by atoms with E-state index in [2.05, 4.69) is 17.1 Å². The van der Waals surface area contributed by atoms with Crippen molar-refractivity contribution < 1.29 is 8.42 Å². The molecule has 0 amide bonds.